The highest BCUT2D eigenvalue weighted by molar-refractivity contribution is 7.13. The van der Waals surface area contributed by atoms with Gasteiger partial charge in [0.2, 0.25) is 0 Å². The number of hydrogen-bond donors (Lipinski definition) is 1. The van der Waals surface area contributed by atoms with Gasteiger partial charge in [0, 0.05) is 45.1 Å². The summed E-state index contributed by atoms with van der Waals surface area (Å²) < 4.78 is 5.06. The van der Waals surface area contributed by atoms with Crippen LogP contribution >= 0.6 is 11.3 Å². The number of ether oxygens (including phenoxy) is 1. The number of nitrogens with zero attached hydrogens (tertiary/aromatic N) is 2. The van der Waals surface area contributed by atoms with Crippen LogP contribution in [0.25, 0.3) is 0 Å². The summed E-state index contributed by atoms with van der Waals surface area (Å²) in [5.74, 6) is 0. The molecule has 17 heavy (non-hydrogen) atoms. The van der Waals surface area contributed by atoms with E-state index in [0.717, 1.165) is 37.3 Å². The van der Waals surface area contributed by atoms with Crippen molar-refractivity contribution < 1.29 is 4.74 Å². The molecule has 5 heteroatoms. The van der Waals surface area contributed by atoms with Gasteiger partial charge in [-0.15, -0.1) is 11.3 Å². The average molecular weight is 255 g/mol. The molecule has 1 fully saturated rings. The molecule has 1 aromatic heterocycles. The Morgan fingerprint density at radius 1 is 1.59 bits per heavy atom. The van der Waals surface area contributed by atoms with Gasteiger partial charge in [0.15, 0.2) is 5.13 Å². The van der Waals surface area contributed by atoms with E-state index in [9.17, 15) is 0 Å². The first-order chi connectivity index (χ1) is 8.29. The molecule has 1 saturated carbocycles. The first-order valence-corrected chi connectivity index (χ1v) is 7.05. The van der Waals surface area contributed by atoms with Crippen LogP contribution in [0.15, 0.2) is 5.38 Å². The number of hydrogen-bond acceptors (Lipinski definition) is 5. The van der Waals surface area contributed by atoms with E-state index in [4.69, 9.17) is 4.74 Å². The molecule has 1 aromatic rings. The number of methoxy groups -OCH3 is 1. The second kappa shape index (κ2) is 6.33. The smallest absolute Gasteiger partial charge is 0.185 e. The summed E-state index contributed by atoms with van der Waals surface area (Å²) in [6, 6.07) is 0.789. The molecule has 0 radical (unpaired) electrons. The van der Waals surface area contributed by atoms with Crippen LogP contribution in [0.4, 0.5) is 5.13 Å². The standard InChI is InChI=1S/C12H21N3OS/c1-15(7-8-16-2)12-14-11(9-17-12)5-6-13-10-3-4-10/h9-10,13H,3-8H2,1-2H3. The van der Waals surface area contributed by atoms with Crippen molar-refractivity contribution in [3.05, 3.63) is 11.1 Å². The monoisotopic (exact) mass is 255 g/mol. The fraction of sp³-hybridized carbons (Fsp3) is 0.750. The fourth-order valence-electron chi connectivity index (χ4n) is 1.60. The first-order valence-electron chi connectivity index (χ1n) is 6.17. The van der Waals surface area contributed by atoms with Crippen LogP contribution in [-0.4, -0.2) is 44.9 Å². The summed E-state index contributed by atoms with van der Waals surface area (Å²) in [6.07, 6.45) is 3.73. The minimum atomic E-state index is 0.745. The van der Waals surface area contributed by atoms with E-state index in [1.54, 1.807) is 18.4 Å². The maximum Gasteiger partial charge on any atom is 0.185 e. The number of likely N-dealkylation sites (N-methyl/N-ethyl adjacent to an activating group) is 1. The number of thiazole rings is 1. The normalized spacial score (nSPS) is 15.2. The zero-order chi connectivity index (χ0) is 12.1. The predicted octanol–water partition coefficient (Wildman–Crippen LogP) is 1.52. The van der Waals surface area contributed by atoms with E-state index in [1.165, 1.54) is 18.5 Å². The molecule has 1 aliphatic rings. The van der Waals surface area contributed by atoms with Crippen LogP contribution in [0.1, 0.15) is 18.5 Å². The molecule has 1 N–H and O–H groups in total. The van der Waals surface area contributed by atoms with Crippen LogP contribution in [0.5, 0.6) is 0 Å². The third-order valence-corrected chi connectivity index (χ3v) is 3.89. The number of anilines is 1. The average Bonchev–Trinajstić information content (AvgIpc) is 3.03. The lowest BCUT2D eigenvalue weighted by atomic mass is 10.3. The van der Waals surface area contributed by atoms with Gasteiger partial charge < -0.3 is 15.0 Å². The Kier molecular flexibility index (Phi) is 4.76. The van der Waals surface area contributed by atoms with Crippen molar-refractivity contribution in [1.29, 1.82) is 0 Å². The van der Waals surface area contributed by atoms with Crippen molar-refractivity contribution in [1.82, 2.24) is 10.3 Å². The summed E-state index contributed by atoms with van der Waals surface area (Å²) in [4.78, 5) is 6.77. The van der Waals surface area contributed by atoms with Crippen LogP contribution in [0, 0.1) is 0 Å². The van der Waals surface area contributed by atoms with Crippen LogP contribution in [0.3, 0.4) is 0 Å². The third kappa shape index (κ3) is 4.26. The topological polar surface area (TPSA) is 37.4 Å². The van der Waals surface area contributed by atoms with Crippen LogP contribution in [0.2, 0.25) is 0 Å². The molecule has 0 aliphatic heterocycles. The van der Waals surface area contributed by atoms with Gasteiger partial charge in [-0.2, -0.15) is 0 Å². The molecular formula is C12H21N3OS. The summed E-state index contributed by atoms with van der Waals surface area (Å²) in [5, 5.41) is 6.76. The van der Waals surface area contributed by atoms with E-state index in [2.05, 4.69) is 27.6 Å². The van der Waals surface area contributed by atoms with Crippen molar-refractivity contribution in [3.63, 3.8) is 0 Å². The lowest BCUT2D eigenvalue weighted by Crippen LogP contribution is -2.22. The predicted molar refractivity (Wildman–Crippen MR) is 72.0 cm³/mol. The van der Waals surface area contributed by atoms with E-state index >= 15 is 0 Å². The molecule has 0 atom stereocenters. The lowest BCUT2D eigenvalue weighted by molar-refractivity contribution is 0.206. The van der Waals surface area contributed by atoms with Gasteiger partial charge >= 0.3 is 0 Å². The van der Waals surface area contributed by atoms with Crippen molar-refractivity contribution in [3.8, 4) is 0 Å². The molecule has 1 heterocycles. The molecule has 0 bridgehead atoms. The Hall–Kier alpha value is -0.650. The lowest BCUT2D eigenvalue weighted by Gasteiger charge is -2.14. The van der Waals surface area contributed by atoms with Gasteiger partial charge in [-0.3, -0.25) is 0 Å². The molecule has 0 aromatic carbocycles. The fourth-order valence-corrected chi connectivity index (χ4v) is 2.46. The van der Waals surface area contributed by atoms with Gasteiger partial charge in [0.05, 0.1) is 12.3 Å². The van der Waals surface area contributed by atoms with Gasteiger partial charge in [0.25, 0.3) is 0 Å². The summed E-state index contributed by atoms with van der Waals surface area (Å²) in [6.45, 7) is 2.69. The molecule has 0 unspecified atom stereocenters. The Balaban J connectivity index is 1.73. The van der Waals surface area contributed by atoms with Crippen molar-refractivity contribution >= 4 is 16.5 Å². The molecule has 0 saturated heterocycles. The molecule has 0 spiro atoms. The molecule has 1 aliphatic carbocycles. The van der Waals surface area contributed by atoms with E-state index in [1.807, 2.05) is 0 Å². The first kappa shape index (κ1) is 12.8. The SMILES string of the molecule is COCCN(C)c1nc(CCNC2CC2)cs1. The maximum absolute atomic E-state index is 5.06. The third-order valence-electron chi connectivity index (χ3n) is 2.89. The summed E-state index contributed by atoms with van der Waals surface area (Å²) in [5.41, 5.74) is 1.20. The van der Waals surface area contributed by atoms with Crippen molar-refractivity contribution in [2.24, 2.45) is 0 Å². The number of aromatic nitrogens is 1. The van der Waals surface area contributed by atoms with Crippen molar-refractivity contribution in [2.45, 2.75) is 25.3 Å². The van der Waals surface area contributed by atoms with Crippen LogP contribution in [-0.2, 0) is 11.2 Å². The van der Waals surface area contributed by atoms with E-state index in [0.29, 0.717) is 0 Å². The van der Waals surface area contributed by atoms with Gasteiger partial charge in [-0.25, -0.2) is 4.98 Å². The molecule has 4 nitrogen and oxygen atoms in total. The Morgan fingerprint density at radius 3 is 3.12 bits per heavy atom. The highest BCUT2D eigenvalue weighted by atomic mass is 32.1. The second-order valence-electron chi connectivity index (χ2n) is 4.51. The highest BCUT2D eigenvalue weighted by Crippen LogP contribution is 2.20. The highest BCUT2D eigenvalue weighted by Gasteiger charge is 2.19. The summed E-state index contributed by atoms with van der Waals surface area (Å²) in [7, 11) is 3.79. The van der Waals surface area contributed by atoms with E-state index < -0.39 is 0 Å². The van der Waals surface area contributed by atoms with E-state index in [-0.39, 0.29) is 0 Å². The zero-order valence-electron chi connectivity index (χ0n) is 10.6. The Morgan fingerprint density at radius 2 is 2.41 bits per heavy atom. The minimum Gasteiger partial charge on any atom is -0.383 e. The minimum absolute atomic E-state index is 0.745. The zero-order valence-corrected chi connectivity index (χ0v) is 11.4. The quantitative estimate of drug-likeness (QED) is 0.764. The number of nitrogens with one attached hydrogen (secondary N) is 1. The molecule has 2 rings (SSSR count). The molecule has 96 valence electrons. The maximum atomic E-state index is 5.06. The van der Waals surface area contributed by atoms with Gasteiger partial charge in [-0.05, 0) is 12.8 Å². The van der Waals surface area contributed by atoms with Crippen molar-refractivity contribution in [2.75, 3.05) is 38.8 Å². The van der Waals surface area contributed by atoms with Gasteiger partial charge in [-0.1, -0.05) is 0 Å². The Labute approximate surface area is 107 Å². The largest absolute Gasteiger partial charge is 0.383 e. The van der Waals surface area contributed by atoms with Gasteiger partial charge in [0.1, 0.15) is 0 Å². The molecule has 0 amide bonds. The Bertz CT molecular complexity index is 338. The second-order valence-corrected chi connectivity index (χ2v) is 5.35. The summed E-state index contributed by atoms with van der Waals surface area (Å²) >= 11 is 1.71. The molecular weight excluding hydrogens is 234 g/mol. The number of rotatable bonds is 8. The van der Waals surface area contributed by atoms with Crippen LogP contribution < -0.4 is 10.2 Å².